The van der Waals surface area contributed by atoms with Gasteiger partial charge < -0.3 is 14.6 Å². The smallest absolute Gasteiger partial charge is 0.313 e. The molecule has 1 aliphatic carbocycles. The first kappa shape index (κ1) is 13.5. The highest BCUT2D eigenvalue weighted by Gasteiger charge is 2.23. The zero-order valence-corrected chi connectivity index (χ0v) is 11.7. The minimum absolute atomic E-state index is 0.0611. The lowest BCUT2D eigenvalue weighted by Gasteiger charge is -2.25. The van der Waals surface area contributed by atoms with E-state index >= 15 is 0 Å². The van der Waals surface area contributed by atoms with Crippen LogP contribution >= 0.6 is 0 Å². The average molecular weight is 284 g/mol. The molecule has 0 saturated carbocycles. The number of ether oxygens (including phenoxy) is 2. The van der Waals surface area contributed by atoms with E-state index in [4.69, 9.17) is 9.47 Å². The summed E-state index contributed by atoms with van der Waals surface area (Å²) in [6.45, 7) is 2.10. The van der Waals surface area contributed by atoms with E-state index in [9.17, 15) is 9.90 Å². The Bertz CT molecular complexity index is 755. The lowest BCUT2D eigenvalue weighted by Crippen LogP contribution is -2.38. The number of hydrogen-bond donors (Lipinski definition) is 1. The molecule has 1 heterocycles. The second-order valence-corrected chi connectivity index (χ2v) is 4.87. The van der Waals surface area contributed by atoms with E-state index < -0.39 is 0 Å². The molecule has 108 valence electrons. The largest absolute Gasteiger partial charge is 0.508 e. The first-order valence-electron chi connectivity index (χ1n) is 6.92. The predicted octanol–water partition coefficient (Wildman–Crippen LogP) is 1.13. The molecule has 1 N–H and O–H groups in total. The quantitative estimate of drug-likeness (QED) is 0.845. The Morgan fingerprint density at radius 3 is 3.00 bits per heavy atom. The molecule has 1 unspecified atom stereocenters. The molecule has 1 aromatic carbocycles. The minimum atomic E-state index is -0.333. The van der Waals surface area contributed by atoms with Crippen molar-refractivity contribution in [2.75, 3.05) is 6.61 Å². The predicted molar refractivity (Wildman–Crippen MR) is 78.6 cm³/mol. The molecule has 1 aromatic rings. The van der Waals surface area contributed by atoms with Crippen molar-refractivity contribution in [2.24, 2.45) is 0 Å². The van der Waals surface area contributed by atoms with Gasteiger partial charge in [0.25, 0.3) is 0 Å². The highest BCUT2D eigenvalue weighted by molar-refractivity contribution is 5.80. The van der Waals surface area contributed by atoms with Gasteiger partial charge >= 0.3 is 5.97 Å². The van der Waals surface area contributed by atoms with Crippen LogP contribution in [0.25, 0.3) is 11.3 Å². The van der Waals surface area contributed by atoms with Crippen LogP contribution < -0.4 is 10.4 Å². The van der Waals surface area contributed by atoms with Crippen LogP contribution in [0.2, 0.25) is 0 Å². The molecule has 0 fully saturated rings. The number of phenolic OH excluding ortho intramolecular Hbond substituents is 1. The number of allylic oxidation sites excluding steroid dienone is 2. The van der Waals surface area contributed by atoms with E-state index in [1.165, 1.54) is 0 Å². The van der Waals surface area contributed by atoms with Crippen molar-refractivity contribution in [3.8, 4) is 5.75 Å². The van der Waals surface area contributed by atoms with Crippen LogP contribution in [0.1, 0.15) is 13.3 Å². The van der Waals surface area contributed by atoms with Crippen molar-refractivity contribution in [3.63, 3.8) is 0 Å². The Labute approximate surface area is 122 Å². The van der Waals surface area contributed by atoms with Crippen molar-refractivity contribution in [3.05, 3.63) is 52.9 Å². The van der Waals surface area contributed by atoms with Crippen LogP contribution in [0.5, 0.6) is 5.75 Å². The van der Waals surface area contributed by atoms with Crippen LogP contribution in [0, 0.1) is 0 Å². The highest BCUT2D eigenvalue weighted by atomic mass is 16.5. The summed E-state index contributed by atoms with van der Waals surface area (Å²) >= 11 is 0. The average Bonchev–Trinajstić information content (AvgIpc) is 2.47. The van der Waals surface area contributed by atoms with Gasteiger partial charge in [-0.1, -0.05) is 24.3 Å². The molecule has 4 nitrogen and oxygen atoms in total. The van der Waals surface area contributed by atoms with Crippen molar-refractivity contribution in [1.82, 2.24) is 0 Å². The maximum absolute atomic E-state index is 11.7. The summed E-state index contributed by atoms with van der Waals surface area (Å²) < 4.78 is 10.9. The summed E-state index contributed by atoms with van der Waals surface area (Å²) in [6, 6.07) is 5.12. The molecule has 2 aliphatic rings. The number of fused-ring (bicyclic) bond motifs is 2. The molecule has 0 spiro atoms. The molecule has 3 rings (SSSR count). The first-order chi connectivity index (χ1) is 10.2. The van der Waals surface area contributed by atoms with Crippen LogP contribution in [-0.4, -0.2) is 23.8 Å². The van der Waals surface area contributed by atoms with Crippen LogP contribution in [0.15, 0.2) is 42.5 Å². The Kier molecular flexibility index (Phi) is 3.52. The third-order valence-electron chi connectivity index (χ3n) is 3.47. The number of rotatable bonds is 3. The third kappa shape index (κ3) is 2.57. The number of esters is 1. The first-order valence-corrected chi connectivity index (χ1v) is 6.92. The SMILES string of the molecule is CCOC(=O)CC1=c2cc(O)ccc2=C2C=CC=CC2O1. The second-order valence-electron chi connectivity index (χ2n) is 4.87. The maximum atomic E-state index is 11.7. The van der Waals surface area contributed by atoms with Gasteiger partial charge in [-0.3, -0.25) is 4.79 Å². The van der Waals surface area contributed by atoms with Gasteiger partial charge in [0.1, 0.15) is 24.0 Å². The Morgan fingerprint density at radius 1 is 1.33 bits per heavy atom. The summed E-state index contributed by atoms with van der Waals surface area (Å²) in [5.74, 6) is 0.349. The Balaban J connectivity index is 2.17. The van der Waals surface area contributed by atoms with E-state index in [0.717, 1.165) is 16.0 Å². The van der Waals surface area contributed by atoms with Crippen LogP contribution in [0.3, 0.4) is 0 Å². The normalized spacial score (nSPS) is 18.8. The number of carbonyl (C=O) groups is 1. The van der Waals surface area contributed by atoms with Gasteiger partial charge in [-0.25, -0.2) is 0 Å². The van der Waals surface area contributed by atoms with Crippen molar-refractivity contribution in [1.29, 1.82) is 0 Å². The van der Waals surface area contributed by atoms with Gasteiger partial charge in [0, 0.05) is 10.8 Å². The van der Waals surface area contributed by atoms with Crippen LogP contribution in [-0.2, 0) is 14.3 Å². The fourth-order valence-corrected chi connectivity index (χ4v) is 2.58. The van der Waals surface area contributed by atoms with Crippen molar-refractivity contribution in [2.45, 2.75) is 19.4 Å². The molecule has 1 atom stereocenters. The molecule has 0 aromatic heterocycles. The maximum Gasteiger partial charge on any atom is 0.313 e. The number of carbonyl (C=O) groups excluding carboxylic acids is 1. The molecule has 0 radical (unpaired) electrons. The summed E-state index contributed by atoms with van der Waals surface area (Å²) in [6.07, 6.45) is 7.66. The zero-order chi connectivity index (χ0) is 14.8. The zero-order valence-electron chi connectivity index (χ0n) is 11.7. The van der Waals surface area contributed by atoms with E-state index in [-0.39, 0.29) is 24.2 Å². The van der Waals surface area contributed by atoms with Gasteiger partial charge in [0.2, 0.25) is 0 Å². The fourth-order valence-electron chi connectivity index (χ4n) is 2.58. The van der Waals surface area contributed by atoms with Gasteiger partial charge in [-0.05, 0) is 30.4 Å². The molecule has 0 saturated heterocycles. The second kappa shape index (κ2) is 5.48. The van der Waals surface area contributed by atoms with E-state index in [1.807, 2.05) is 30.4 Å². The summed E-state index contributed by atoms with van der Waals surface area (Å²) in [5.41, 5.74) is 1.03. The summed E-state index contributed by atoms with van der Waals surface area (Å²) in [7, 11) is 0. The molecular formula is C17H16O4. The van der Waals surface area contributed by atoms with Crippen molar-refractivity contribution < 1.29 is 19.4 Å². The minimum Gasteiger partial charge on any atom is -0.508 e. The number of phenols is 1. The van der Waals surface area contributed by atoms with Crippen LogP contribution in [0.4, 0.5) is 0 Å². The third-order valence-corrected chi connectivity index (χ3v) is 3.47. The summed E-state index contributed by atoms with van der Waals surface area (Å²) in [5, 5.41) is 11.4. The molecule has 1 aliphatic heterocycles. The van der Waals surface area contributed by atoms with Gasteiger partial charge in [0.15, 0.2) is 0 Å². The number of hydrogen-bond acceptors (Lipinski definition) is 4. The van der Waals surface area contributed by atoms with Gasteiger partial charge in [0.05, 0.1) is 6.61 Å². The summed E-state index contributed by atoms with van der Waals surface area (Å²) in [4.78, 5) is 11.7. The lowest BCUT2D eigenvalue weighted by atomic mass is 9.97. The van der Waals surface area contributed by atoms with E-state index in [1.54, 1.807) is 19.1 Å². The highest BCUT2D eigenvalue weighted by Crippen LogP contribution is 2.22. The van der Waals surface area contributed by atoms with E-state index in [2.05, 4.69) is 0 Å². The number of aromatic hydroxyl groups is 1. The molecular weight excluding hydrogens is 268 g/mol. The molecule has 21 heavy (non-hydrogen) atoms. The monoisotopic (exact) mass is 284 g/mol. The lowest BCUT2D eigenvalue weighted by molar-refractivity contribution is -0.142. The van der Waals surface area contributed by atoms with Crippen molar-refractivity contribution >= 4 is 17.3 Å². The molecule has 0 bridgehead atoms. The van der Waals surface area contributed by atoms with E-state index in [0.29, 0.717) is 12.4 Å². The molecule has 0 amide bonds. The standard InChI is InChI=1S/C17H16O4/c1-2-20-17(19)10-16-14-9-11(18)7-8-12(14)13-5-3-4-6-15(13)21-16/h3-9,15,18H,2,10H2,1H3. The Hall–Kier alpha value is -2.49. The fraction of sp³-hybridized carbons (Fsp3) is 0.235. The molecule has 4 heteroatoms. The number of benzene rings is 1. The van der Waals surface area contributed by atoms with Gasteiger partial charge in [-0.2, -0.15) is 0 Å². The van der Waals surface area contributed by atoms with Gasteiger partial charge in [-0.15, -0.1) is 0 Å². The topological polar surface area (TPSA) is 55.8 Å². The Morgan fingerprint density at radius 2 is 2.19 bits per heavy atom.